The largest absolute Gasteiger partial charge is 0.379 e. The van der Waals surface area contributed by atoms with E-state index in [0.29, 0.717) is 18.9 Å². The second-order valence-electron chi connectivity index (χ2n) is 6.38. The van der Waals surface area contributed by atoms with Crippen molar-refractivity contribution in [2.75, 3.05) is 20.2 Å². The molecule has 0 aliphatic carbocycles. The summed E-state index contributed by atoms with van der Waals surface area (Å²) in [5.74, 6) is 0.629. The number of methoxy groups -OCH3 is 1. The molecule has 1 aliphatic rings. The SMILES string of the molecule is CO[C@@H]1CN(C(=O)Cc2ccncc2)CC[C@@H]1Cc1ccccc1. The number of ether oxygens (including phenoxy) is 1. The maximum Gasteiger partial charge on any atom is 0.227 e. The Balaban J connectivity index is 1.59. The predicted molar refractivity (Wildman–Crippen MR) is 93.6 cm³/mol. The van der Waals surface area contributed by atoms with Gasteiger partial charge in [-0.05, 0) is 42.0 Å². The van der Waals surface area contributed by atoms with E-state index in [2.05, 4.69) is 29.2 Å². The van der Waals surface area contributed by atoms with E-state index in [1.54, 1.807) is 19.5 Å². The number of piperidine rings is 1. The van der Waals surface area contributed by atoms with Gasteiger partial charge in [0.15, 0.2) is 0 Å². The lowest BCUT2D eigenvalue weighted by Gasteiger charge is -2.38. The molecule has 0 spiro atoms. The van der Waals surface area contributed by atoms with Crippen molar-refractivity contribution in [2.45, 2.75) is 25.4 Å². The van der Waals surface area contributed by atoms with Gasteiger partial charge >= 0.3 is 0 Å². The van der Waals surface area contributed by atoms with Gasteiger partial charge in [-0.25, -0.2) is 0 Å². The lowest BCUT2D eigenvalue weighted by molar-refractivity contribution is -0.135. The van der Waals surface area contributed by atoms with Crippen molar-refractivity contribution in [1.82, 2.24) is 9.88 Å². The fourth-order valence-corrected chi connectivity index (χ4v) is 3.40. The van der Waals surface area contributed by atoms with Gasteiger partial charge in [0.25, 0.3) is 0 Å². The van der Waals surface area contributed by atoms with E-state index in [-0.39, 0.29) is 12.0 Å². The average molecular weight is 324 g/mol. The smallest absolute Gasteiger partial charge is 0.227 e. The summed E-state index contributed by atoms with van der Waals surface area (Å²) in [6, 6.07) is 14.3. The molecule has 24 heavy (non-hydrogen) atoms. The van der Waals surface area contributed by atoms with Crippen LogP contribution in [-0.2, 0) is 22.4 Å². The van der Waals surface area contributed by atoms with Gasteiger partial charge < -0.3 is 9.64 Å². The number of rotatable bonds is 5. The number of hydrogen-bond donors (Lipinski definition) is 0. The van der Waals surface area contributed by atoms with Gasteiger partial charge in [-0.1, -0.05) is 30.3 Å². The van der Waals surface area contributed by atoms with Crippen molar-refractivity contribution in [3.05, 3.63) is 66.0 Å². The Labute approximate surface area is 143 Å². The third-order valence-electron chi connectivity index (χ3n) is 4.80. The summed E-state index contributed by atoms with van der Waals surface area (Å²) in [7, 11) is 1.75. The molecule has 0 unspecified atom stereocenters. The monoisotopic (exact) mass is 324 g/mol. The molecular formula is C20H24N2O2. The Hall–Kier alpha value is -2.20. The van der Waals surface area contributed by atoms with Gasteiger partial charge in [-0.15, -0.1) is 0 Å². The van der Waals surface area contributed by atoms with E-state index in [9.17, 15) is 4.79 Å². The van der Waals surface area contributed by atoms with Gasteiger partial charge in [0.05, 0.1) is 12.5 Å². The highest BCUT2D eigenvalue weighted by Crippen LogP contribution is 2.24. The van der Waals surface area contributed by atoms with Crippen molar-refractivity contribution < 1.29 is 9.53 Å². The highest BCUT2D eigenvalue weighted by atomic mass is 16.5. The molecule has 1 saturated heterocycles. The average Bonchev–Trinajstić information content (AvgIpc) is 2.63. The number of benzene rings is 1. The third kappa shape index (κ3) is 4.20. The standard InChI is InChI=1S/C20H24N2O2/c1-24-19-15-22(20(23)14-17-7-10-21-11-8-17)12-9-18(19)13-16-5-3-2-4-6-16/h2-8,10-11,18-19H,9,12-15H2,1H3/t18-,19-/m1/s1. The summed E-state index contributed by atoms with van der Waals surface area (Å²) in [5.41, 5.74) is 2.34. The van der Waals surface area contributed by atoms with E-state index in [1.165, 1.54) is 5.56 Å². The quantitative estimate of drug-likeness (QED) is 0.849. The molecule has 2 aromatic rings. The molecule has 126 valence electrons. The van der Waals surface area contributed by atoms with Gasteiger partial charge in [0, 0.05) is 32.6 Å². The van der Waals surface area contributed by atoms with Crippen LogP contribution in [0.5, 0.6) is 0 Å². The fourth-order valence-electron chi connectivity index (χ4n) is 3.40. The molecule has 2 heterocycles. The van der Waals surface area contributed by atoms with E-state index in [0.717, 1.165) is 24.9 Å². The van der Waals surface area contributed by atoms with Crippen LogP contribution < -0.4 is 0 Å². The molecule has 4 heteroatoms. The van der Waals surface area contributed by atoms with Crippen LogP contribution in [0.1, 0.15) is 17.5 Å². The first-order valence-corrected chi connectivity index (χ1v) is 8.49. The van der Waals surface area contributed by atoms with Gasteiger partial charge in [0.1, 0.15) is 0 Å². The van der Waals surface area contributed by atoms with Crippen molar-refractivity contribution in [2.24, 2.45) is 5.92 Å². The topological polar surface area (TPSA) is 42.4 Å². The third-order valence-corrected chi connectivity index (χ3v) is 4.80. The van der Waals surface area contributed by atoms with Gasteiger partial charge in [-0.2, -0.15) is 0 Å². The molecule has 2 atom stereocenters. The molecule has 4 nitrogen and oxygen atoms in total. The van der Waals surface area contributed by atoms with Crippen molar-refractivity contribution in [3.8, 4) is 0 Å². The molecule has 1 aromatic carbocycles. The number of hydrogen-bond acceptors (Lipinski definition) is 3. The van der Waals surface area contributed by atoms with E-state index in [4.69, 9.17) is 4.74 Å². The highest BCUT2D eigenvalue weighted by Gasteiger charge is 2.31. The molecule has 1 aromatic heterocycles. The molecule has 0 N–H and O–H groups in total. The zero-order chi connectivity index (χ0) is 16.8. The van der Waals surface area contributed by atoms with Crippen LogP contribution in [0.2, 0.25) is 0 Å². The van der Waals surface area contributed by atoms with Gasteiger partial charge in [0.2, 0.25) is 5.91 Å². The van der Waals surface area contributed by atoms with Crippen molar-refractivity contribution >= 4 is 5.91 Å². The van der Waals surface area contributed by atoms with Crippen LogP contribution in [0.3, 0.4) is 0 Å². The minimum Gasteiger partial charge on any atom is -0.379 e. The molecule has 3 rings (SSSR count). The maximum absolute atomic E-state index is 12.5. The Kier molecular flexibility index (Phi) is 5.59. The van der Waals surface area contributed by atoms with Crippen molar-refractivity contribution in [1.29, 1.82) is 0 Å². The molecule has 0 radical (unpaired) electrons. The second-order valence-corrected chi connectivity index (χ2v) is 6.38. The molecular weight excluding hydrogens is 300 g/mol. The zero-order valence-electron chi connectivity index (χ0n) is 14.1. The number of nitrogens with zero attached hydrogens (tertiary/aromatic N) is 2. The Morgan fingerprint density at radius 1 is 1.17 bits per heavy atom. The number of pyridine rings is 1. The lowest BCUT2D eigenvalue weighted by Crippen LogP contribution is -2.48. The first-order chi connectivity index (χ1) is 11.8. The molecule has 1 fully saturated rings. The summed E-state index contributed by atoms with van der Waals surface area (Å²) >= 11 is 0. The summed E-state index contributed by atoms with van der Waals surface area (Å²) < 4.78 is 5.70. The summed E-state index contributed by atoms with van der Waals surface area (Å²) in [4.78, 5) is 18.5. The summed E-state index contributed by atoms with van der Waals surface area (Å²) in [6.45, 7) is 1.49. The number of likely N-dealkylation sites (tertiary alicyclic amines) is 1. The second kappa shape index (κ2) is 8.06. The van der Waals surface area contributed by atoms with Crippen molar-refractivity contribution in [3.63, 3.8) is 0 Å². The minimum absolute atomic E-state index is 0.0975. The normalized spacial score (nSPS) is 20.8. The summed E-state index contributed by atoms with van der Waals surface area (Å²) in [6.07, 6.45) is 5.98. The first-order valence-electron chi connectivity index (χ1n) is 8.49. The highest BCUT2D eigenvalue weighted by molar-refractivity contribution is 5.78. The molecule has 1 amide bonds. The van der Waals surface area contributed by atoms with Crippen LogP contribution in [-0.4, -0.2) is 42.1 Å². The number of aromatic nitrogens is 1. The Morgan fingerprint density at radius 2 is 1.92 bits per heavy atom. The van der Waals surface area contributed by atoms with Crippen LogP contribution >= 0.6 is 0 Å². The zero-order valence-corrected chi connectivity index (χ0v) is 14.1. The van der Waals surface area contributed by atoms with Crippen LogP contribution in [0, 0.1) is 5.92 Å². The Morgan fingerprint density at radius 3 is 2.62 bits per heavy atom. The molecule has 0 bridgehead atoms. The van der Waals surface area contributed by atoms with E-state index < -0.39 is 0 Å². The van der Waals surface area contributed by atoms with E-state index in [1.807, 2.05) is 23.1 Å². The van der Waals surface area contributed by atoms with Gasteiger partial charge in [-0.3, -0.25) is 9.78 Å². The Bertz CT molecular complexity index is 645. The molecule has 1 aliphatic heterocycles. The lowest BCUT2D eigenvalue weighted by atomic mass is 9.87. The van der Waals surface area contributed by atoms with Crippen LogP contribution in [0.15, 0.2) is 54.9 Å². The number of amides is 1. The molecule has 0 saturated carbocycles. The predicted octanol–water partition coefficient (Wildman–Crippen LogP) is 2.73. The maximum atomic E-state index is 12.5. The summed E-state index contributed by atoms with van der Waals surface area (Å²) in [5, 5.41) is 0. The van der Waals surface area contributed by atoms with Crippen LogP contribution in [0.4, 0.5) is 0 Å². The van der Waals surface area contributed by atoms with Crippen LogP contribution in [0.25, 0.3) is 0 Å². The number of carbonyl (C=O) groups excluding carboxylic acids is 1. The minimum atomic E-state index is 0.0975. The van der Waals surface area contributed by atoms with E-state index >= 15 is 0 Å². The number of carbonyl (C=O) groups is 1. The fraction of sp³-hybridized carbons (Fsp3) is 0.400. The first kappa shape index (κ1) is 16.7.